The van der Waals surface area contributed by atoms with E-state index in [-0.39, 0.29) is 40.2 Å². The largest absolute Gasteiger partial charge is 0.508 e. The third kappa shape index (κ3) is 13.9. The van der Waals surface area contributed by atoms with Gasteiger partial charge in [0.15, 0.2) is 17.3 Å². The second-order valence-electron chi connectivity index (χ2n) is 18.4. The number of nitrogens with zero attached hydrogens (tertiary/aromatic N) is 2. The number of hydrogen-bond donors (Lipinski definition) is 4. The van der Waals surface area contributed by atoms with Gasteiger partial charge in [0.05, 0.1) is 27.8 Å². The Morgan fingerprint density at radius 2 is 0.707 bits per heavy atom. The van der Waals surface area contributed by atoms with Crippen LogP contribution >= 0.6 is 0 Å². The Balaban J connectivity index is 0.000000190. The second-order valence-corrected chi connectivity index (χ2v) is 18.4. The molecule has 13 nitrogen and oxygen atoms in total. The standard InChI is InChI=1S/C41H30N2O5.C13H8F2O.C7H6N2O.C6H6O2/c1-27-7-9-28(10-8-27)39(44)30-13-19-33(20-14-30)47-35-23-25-36(26-24-35)48-34-21-15-31(16-22-34)40(45)29-11-17-32(18-12-29)43-38-6-4-3-5-37(38)42(2)41(43)46;14-11-5-1-9(2-6-11)13(16)10-3-7-12(15)8-4-10;10-7-8-5-3-1-2-4-6(5)9-7;7-5-1-2-6(8)4-3-5/h3-26H,1-2H3;1-8H;1-4H,(H2,8,9,10);1-4,7-8H. The minimum atomic E-state index is -0.393. The molecule has 4 N–H and O–H groups in total. The molecule has 0 aliphatic carbocycles. The van der Waals surface area contributed by atoms with E-state index in [1.54, 1.807) is 113 Å². The lowest BCUT2D eigenvalue weighted by Crippen LogP contribution is -2.20. The molecule has 0 bridgehead atoms. The van der Waals surface area contributed by atoms with E-state index in [1.165, 1.54) is 72.8 Å². The molecule has 12 aromatic rings. The van der Waals surface area contributed by atoms with Gasteiger partial charge >= 0.3 is 11.4 Å². The molecule has 0 saturated carbocycles. The van der Waals surface area contributed by atoms with E-state index in [4.69, 9.17) is 19.7 Å². The average molecular weight is 1090 g/mol. The highest BCUT2D eigenvalue weighted by molar-refractivity contribution is 6.10. The van der Waals surface area contributed by atoms with Gasteiger partial charge in [-0.05, 0) is 201 Å². The lowest BCUT2D eigenvalue weighted by molar-refractivity contribution is 0.103. The molecule has 2 heterocycles. The van der Waals surface area contributed by atoms with Crippen molar-refractivity contribution >= 4 is 39.4 Å². The van der Waals surface area contributed by atoms with Crippen LogP contribution in [-0.2, 0) is 7.05 Å². The zero-order chi connectivity index (χ0) is 57.7. The van der Waals surface area contributed by atoms with E-state index in [2.05, 4.69) is 9.97 Å². The number of aryl methyl sites for hydroxylation is 2. The van der Waals surface area contributed by atoms with Crippen molar-refractivity contribution in [3.05, 3.63) is 314 Å². The van der Waals surface area contributed by atoms with Gasteiger partial charge in [-0.15, -0.1) is 0 Å². The first-order valence-corrected chi connectivity index (χ1v) is 25.5. The molecule has 0 atom stereocenters. The van der Waals surface area contributed by atoms with Crippen molar-refractivity contribution in [2.45, 2.75) is 6.92 Å². The Kier molecular flexibility index (Phi) is 17.3. The summed E-state index contributed by atoms with van der Waals surface area (Å²) in [6.45, 7) is 1.99. The van der Waals surface area contributed by atoms with Crippen molar-refractivity contribution in [3.63, 3.8) is 0 Å². The van der Waals surface area contributed by atoms with Crippen molar-refractivity contribution in [3.8, 4) is 40.2 Å². The predicted octanol–water partition coefficient (Wildman–Crippen LogP) is 13.8. The Hall–Kier alpha value is -11.2. The monoisotopic (exact) mass is 1090 g/mol. The number of phenolic OH excluding ortho intramolecular Hbond substituents is 2. The van der Waals surface area contributed by atoms with E-state index in [1.807, 2.05) is 79.7 Å². The fourth-order valence-corrected chi connectivity index (χ4v) is 8.34. The third-order valence-corrected chi connectivity index (χ3v) is 12.7. The molecule has 0 spiro atoms. The number of benzene rings is 10. The lowest BCUT2D eigenvalue weighted by atomic mass is 10.0. The fourth-order valence-electron chi connectivity index (χ4n) is 8.34. The number of imidazole rings is 2. The van der Waals surface area contributed by atoms with Crippen LogP contribution in [0.2, 0.25) is 0 Å². The van der Waals surface area contributed by atoms with Crippen molar-refractivity contribution in [2.24, 2.45) is 7.05 Å². The number of carbonyl (C=O) groups is 3. The van der Waals surface area contributed by atoms with Crippen LogP contribution in [0.15, 0.2) is 252 Å². The van der Waals surface area contributed by atoms with Gasteiger partial charge in [-0.2, -0.15) is 0 Å². The van der Waals surface area contributed by atoms with Gasteiger partial charge in [-0.1, -0.05) is 54.1 Å². The number of halogens is 2. The first kappa shape index (κ1) is 55.6. The molecule has 0 radical (unpaired) electrons. The van der Waals surface area contributed by atoms with E-state index >= 15 is 0 Å². The average Bonchev–Trinajstić information content (AvgIpc) is 4.24. The van der Waals surface area contributed by atoms with Gasteiger partial charge < -0.3 is 29.7 Å². The van der Waals surface area contributed by atoms with E-state index in [0.29, 0.717) is 62.1 Å². The topological polar surface area (TPSA) is 186 Å². The van der Waals surface area contributed by atoms with Crippen LogP contribution in [0.25, 0.3) is 27.8 Å². The number of phenols is 2. The molecule has 10 aromatic carbocycles. The first-order chi connectivity index (χ1) is 39.6. The zero-order valence-electron chi connectivity index (χ0n) is 44.0. The van der Waals surface area contributed by atoms with Crippen LogP contribution < -0.4 is 20.9 Å². The summed E-state index contributed by atoms with van der Waals surface area (Å²) in [6, 6.07) is 67.0. The maximum Gasteiger partial charge on any atom is 0.333 e. The molecule has 0 unspecified atom stereocenters. The molecule has 0 saturated heterocycles. The Bertz CT molecular complexity index is 4160. The molecule has 0 amide bonds. The van der Waals surface area contributed by atoms with Crippen LogP contribution in [0, 0.1) is 18.6 Å². The molecule has 0 aliphatic rings. The van der Waals surface area contributed by atoms with E-state index in [9.17, 15) is 32.8 Å². The van der Waals surface area contributed by atoms with Gasteiger partial charge in [-0.25, -0.2) is 18.4 Å². The third-order valence-electron chi connectivity index (χ3n) is 12.7. The maximum absolute atomic E-state index is 13.2. The summed E-state index contributed by atoms with van der Waals surface area (Å²) in [7, 11) is 1.75. The first-order valence-electron chi connectivity index (χ1n) is 25.5. The van der Waals surface area contributed by atoms with Crippen molar-refractivity contribution < 1.29 is 42.9 Å². The summed E-state index contributed by atoms with van der Waals surface area (Å²) < 4.78 is 40.5. The molecule has 2 aromatic heterocycles. The second kappa shape index (κ2) is 25.5. The number of ether oxygens (including phenoxy) is 2. The molecule has 82 heavy (non-hydrogen) atoms. The minimum Gasteiger partial charge on any atom is -0.508 e. The van der Waals surface area contributed by atoms with Crippen molar-refractivity contribution in [1.82, 2.24) is 19.1 Å². The lowest BCUT2D eigenvalue weighted by Gasteiger charge is -2.10. The van der Waals surface area contributed by atoms with Crippen LogP contribution in [0.4, 0.5) is 8.78 Å². The summed E-state index contributed by atoms with van der Waals surface area (Å²) in [5, 5.41) is 17.3. The number of aromatic hydroxyl groups is 2. The molecular formula is C67H50F2N4O9. The minimum absolute atomic E-state index is 0.0362. The summed E-state index contributed by atoms with van der Waals surface area (Å²) in [5.41, 5.74) is 7.89. The van der Waals surface area contributed by atoms with Gasteiger partial charge in [0.25, 0.3) is 0 Å². The number of nitrogens with one attached hydrogen (secondary N) is 2. The molecule has 0 aliphatic heterocycles. The molecule has 15 heteroatoms. The molecule has 0 fully saturated rings. The predicted molar refractivity (Wildman–Crippen MR) is 311 cm³/mol. The van der Waals surface area contributed by atoms with Gasteiger partial charge in [0.2, 0.25) is 0 Å². The molecular weight excluding hydrogens is 1040 g/mol. The number of ketones is 3. The van der Waals surface area contributed by atoms with Crippen LogP contribution in [0.5, 0.6) is 34.5 Å². The van der Waals surface area contributed by atoms with Crippen molar-refractivity contribution in [1.29, 1.82) is 0 Å². The highest BCUT2D eigenvalue weighted by atomic mass is 19.1. The van der Waals surface area contributed by atoms with Gasteiger partial charge in [0.1, 0.15) is 46.1 Å². The fraction of sp³-hybridized carbons (Fsp3) is 0.0299. The Morgan fingerprint density at radius 1 is 0.402 bits per heavy atom. The quantitative estimate of drug-likeness (QED) is 0.0722. The Labute approximate surface area is 467 Å². The smallest absolute Gasteiger partial charge is 0.333 e. The molecule has 12 rings (SSSR count). The Morgan fingerprint density at radius 3 is 1.09 bits per heavy atom. The number of fused-ring (bicyclic) bond motifs is 2. The summed E-state index contributed by atoms with van der Waals surface area (Å²) in [4.78, 5) is 66.7. The zero-order valence-corrected chi connectivity index (χ0v) is 44.0. The summed E-state index contributed by atoms with van der Waals surface area (Å²) in [5.74, 6) is 1.56. The number of H-pyrrole nitrogens is 2. The number of rotatable bonds is 11. The highest BCUT2D eigenvalue weighted by Crippen LogP contribution is 2.29. The summed E-state index contributed by atoms with van der Waals surface area (Å²) >= 11 is 0. The summed E-state index contributed by atoms with van der Waals surface area (Å²) in [6.07, 6.45) is 0. The van der Waals surface area contributed by atoms with Gasteiger partial charge in [-0.3, -0.25) is 23.5 Å². The van der Waals surface area contributed by atoms with Crippen LogP contribution in [0.1, 0.15) is 53.3 Å². The number of aromatic amines is 2. The SMILES string of the molecule is Cc1ccc(C(=O)c2ccc(Oc3ccc(Oc4ccc(C(=O)c5ccc(-n6c(=O)n(C)c7ccccc76)cc5)cc4)cc3)cc2)cc1.O=C(c1ccc(F)cc1)c1ccc(F)cc1.O=c1[nH]c2ccccc2[nH]1.Oc1ccc(O)cc1. The number of carbonyl (C=O) groups excluding carboxylic acids is 3. The maximum atomic E-state index is 13.2. The normalized spacial score (nSPS) is 10.5. The van der Waals surface area contributed by atoms with E-state index in [0.717, 1.165) is 27.6 Å². The van der Waals surface area contributed by atoms with Gasteiger partial charge in [0, 0.05) is 40.4 Å². The van der Waals surface area contributed by atoms with Crippen LogP contribution in [-0.4, -0.2) is 46.7 Å². The number of aromatic nitrogens is 4. The number of hydrogen-bond acceptors (Lipinski definition) is 9. The van der Waals surface area contributed by atoms with Crippen LogP contribution in [0.3, 0.4) is 0 Å². The van der Waals surface area contributed by atoms with Crippen molar-refractivity contribution in [2.75, 3.05) is 0 Å². The number of para-hydroxylation sites is 4. The molecule has 406 valence electrons. The van der Waals surface area contributed by atoms with E-state index < -0.39 is 11.6 Å². The highest BCUT2D eigenvalue weighted by Gasteiger charge is 2.15.